The first-order valence-corrected chi connectivity index (χ1v) is 12.5. The topological polar surface area (TPSA) is 44.8 Å². The molecule has 0 radical (unpaired) electrons. The highest BCUT2D eigenvalue weighted by atomic mass is 16.5. The van der Waals surface area contributed by atoms with Crippen molar-refractivity contribution in [2.24, 2.45) is 0 Å². The molecule has 1 N–H and O–H groups in total. The predicted octanol–water partition coefficient (Wildman–Crippen LogP) is 6.19. The molecular formula is C31H29N3O2. The van der Waals surface area contributed by atoms with Gasteiger partial charge in [0.25, 0.3) is 0 Å². The molecule has 4 aromatic carbocycles. The Hall–Kier alpha value is -4.09. The first-order valence-electron chi connectivity index (χ1n) is 12.5. The number of carbonyl (C=O) groups excluding carboxylic acids is 1. The van der Waals surface area contributed by atoms with Crippen LogP contribution in [0.1, 0.15) is 22.7 Å². The number of amides is 2. The van der Waals surface area contributed by atoms with E-state index in [1.54, 1.807) is 0 Å². The van der Waals surface area contributed by atoms with Gasteiger partial charge in [-0.3, -0.25) is 4.90 Å². The van der Waals surface area contributed by atoms with Crippen molar-refractivity contribution in [1.29, 1.82) is 0 Å². The lowest BCUT2D eigenvalue weighted by Gasteiger charge is -2.38. The molecule has 36 heavy (non-hydrogen) atoms. The number of piperazine rings is 1. The normalized spacial score (nSPS) is 15.3. The molecule has 1 heterocycles. The fourth-order valence-corrected chi connectivity index (χ4v) is 5.28. The van der Waals surface area contributed by atoms with Crippen LogP contribution in [0.25, 0.3) is 11.1 Å². The molecule has 0 spiro atoms. The summed E-state index contributed by atoms with van der Waals surface area (Å²) in [4.78, 5) is 17.4. The zero-order valence-electron chi connectivity index (χ0n) is 20.1. The van der Waals surface area contributed by atoms with Crippen LogP contribution in [0, 0.1) is 0 Å². The Morgan fingerprint density at radius 1 is 0.722 bits per heavy atom. The van der Waals surface area contributed by atoms with Crippen molar-refractivity contribution in [3.63, 3.8) is 0 Å². The number of urea groups is 1. The van der Waals surface area contributed by atoms with Gasteiger partial charge in [0.05, 0.1) is 6.04 Å². The van der Waals surface area contributed by atoms with Crippen molar-refractivity contribution in [3.05, 3.63) is 120 Å². The maximum atomic E-state index is 13.0. The lowest BCUT2D eigenvalue weighted by atomic mass is 10.0. The number of fused-ring (bicyclic) bond motifs is 3. The van der Waals surface area contributed by atoms with Gasteiger partial charge in [-0.05, 0) is 52.1 Å². The van der Waals surface area contributed by atoms with Crippen LogP contribution < -0.4 is 10.1 Å². The van der Waals surface area contributed by atoms with E-state index in [2.05, 4.69) is 58.7 Å². The summed E-state index contributed by atoms with van der Waals surface area (Å²) in [6.07, 6.45) is 0. The van der Waals surface area contributed by atoms with Crippen LogP contribution in [-0.2, 0) is 6.61 Å². The van der Waals surface area contributed by atoms with Gasteiger partial charge in [-0.25, -0.2) is 4.79 Å². The number of rotatable bonds is 5. The van der Waals surface area contributed by atoms with Gasteiger partial charge < -0.3 is 15.0 Å². The first-order chi connectivity index (χ1) is 17.8. The Morgan fingerprint density at radius 3 is 1.94 bits per heavy atom. The van der Waals surface area contributed by atoms with Gasteiger partial charge in [-0.15, -0.1) is 0 Å². The Morgan fingerprint density at radius 2 is 1.31 bits per heavy atom. The minimum Gasteiger partial charge on any atom is -0.489 e. The largest absolute Gasteiger partial charge is 0.489 e. The molecule has 4 aromatic rings. The second-order valence-corrected chi connectivity index (χ2v) is 9.33. The summed E-state index contributed by atoms with van der Waals surface area (Å²) in [5.74, 6) is 0.780. The molecule has 180 valence electrons. The maximum absolute atomic E-state index is 13.0. The SMILES string of the molecule is O=C(Nc1ccc(OCc2ccccc2)cc1)N1CCN(C2c3ccccc3-c3ccccc32)CC1. The monoisotopic (exact) mass is 475 g/mol. The molecule has 0 atom stereocenters. The summed E-state index contributed by atoms with van der Waals surface area (Å²) in [7, 11) is 0. The molecule has 0 aromatic heterocycles. The van der Waals surface area contributed by atoms with Crippen LogP contribution in [-0.4, -0.2) is 42.0 Å². The number of benzene rings is 4. The minimum atomic E-state index is -0.0557. The standard InChI is InChI=1S/C31H29N3O2/c35-31(32-24-14-16-25(17-15-24)36-22-23-8-2-1-3-9-23)34-20-18-33(19-21-34)30-28-12-6-4-10-26(28)27-11-5-7-13-29(27)30/h1-17,30H,18-22H2,(H,32,35). The molecule has 0 saturated carbocycles. The summed E-state index contributed by atoms with van der Waals surface area (Å²) in [6, 6.07) is 35.2. The number of nitrogens with one attached hydrogen (secondary N) is 1. The van der Waals surface area contributed by atoms with Gasteiger partial charge in [-0.2, -0.15) is 0 Å². The average Bonchev–Trinajstić information content (AvgIpc) is 3.28. The highest BCUT2D eigenvalue weighted by Crippen LogP contribution is 2.46. The van der Waals surface area contributed by atoms with Gasteiger partial charge in [0.2, 0.25) is 0 Å². The molecule has 5 nitrogen and oxygen atoms in total. The molecule has 0 unspecified atom stereocenters. The molecule has 1 saturated heterocycles. The van der Waals surface area contributed by atoms with E-state index in [1.807, 2.05) is 59.5 Å². The first kappa shape index (κ1) is 22.4. The smallest absolute Gasteiger partial charge is 0.321 e. The third kappa shape index (κ3) is 4.45. The van der Waals surface area contributed by atoms with Crippen LogP contribution in [0.4, 0.5) is 10.5 Å². The second-order valence-electron chi connectivity index (χ2n) is 9.33. The van der Waals surface area contributed by atoms with E-state index < -0.39 is 0 Å². The predicted molar refractivity (Wildman–Crippen MR) is 143 cm³/mol. The molecule has 2 aliphatic rings. The van der Waals surface area contributed by atoms with Gasteiger partial charge in [0.1, 0.15) is 12.4 Å². The molecule has 1 aliphatic carbocycles. The van der Waals surface area contributed by atoms with E-state index in [4.69, 9.17) is 4.74 Å². The van der Waals surface area contributed by atoms with Crippen molar-refractivity contribution in [2.75, 3.05) is 31.5 Å². The molecule has 0 bridgehead atoms. The van der Waals surface area contributed by atoms with E-state index in [9.17, 15) is 4.79 Å². The van der Waals surface area contributed by atoms with Crippen molar-refractivity contribution < 1.29 is 9.53 Å². The zero-order valence-corrected chi connectivity index (χ0v) is 20.1. The molecular weight excluding hydrogens is 446 g/mol. The Bertz CT molecular complexity index is 1300. The number of carbonyl (C=O) groups is 1. The lowest BCUT2D eigenvalue weighted by Crippen LogP contribution is -2.50. The van der Waals surface area contributed by atoms with E-state index in [-0.39, 0.29) is 12.1 Å². The number of anilines is 1. The summed E-state index contributed by atoms with van der Waals surface area (Å²) in [6.45, 7) is 3.60. The second kappa shape index (κ2) is 9.88. The molecule has 1 fully saturated rings. The Balaban J connectivity index is 1.05. The van der Waals surface area contributed by atoms with Crippen LogP contribution >= 0.6 is 0 Å². The van der Waals surface area contributed by atoms with Crippen LogP contribution in [0.15, 0.2) is 103 Å². The van der Waals surface area contributed by atoms with Crippen molar-refractivity contribution in [3.8, 4) is 16.9 Å². The number of hydrogen-bond acceptors (Lipinski definition) is 3. The fraction of sp³-hybridized carbons (Fsp3) is 0.194. The van der Waals surface area contributed by atoms with Gasteiger partial charge in [0.15, 0.2) is 0 Å². The van der Waals surface area contributed by atoms with Crippen molar-refractivity contribution in [2.45, 2.75) is 12.6 Å². The third-order valence-electron chi connectivity index (χ3n) is 7.12. The highest BCUT2D eigenvalue weighted by Gasteiger charge is 2.34. The lowest BCUT2D eigenvalue weighted by molar-refractivity contribution is 0.128. The van der Waals surface area contributed by atoms with Crippen LogP contribution in [0.5, 0.6) is 5.75 Å². The zero-order chi connectivity index (χ0) is 24.3. The Kier molecular flexibility index (Phi) is 6.14. The number of hydrogen-bond donors (Lipinski definition) is 1. The average molecular weight is 476 g/mol. The van der Waals surface area contributed by atoms with E-state index in [1.165, 1.54) is 22.3 Å². The Labute approximate surface area is 211 Å². The van der Waals surface area contributed by atoms with Crippen molar-refractivity contribution in [1.82, 2.24) is 9.80 Å². The van der Waals surface area contributed by atoms with Crippen LogP contribution in [0.3, 0.4) is 0 Å². The molecule has 6 rings (SSSR count). The summed E-state index contributed by atoms with van der Waals surface area (Å²) < 4.78 is 5.85. The summed E-state index contributed by atoms with van der Waals surface area (Å²) >= 11 is 0. The molecule has 5 heteroatoms. The quantitative estimate of drug-likeness (QED) is 0.375. The minimum absolute atomic E-state index is 0.0557. The number of nitrogens with zero attached hydrogens (tertiary/aromatic N) is 2. The third-order valence-corrected chi connectivity index (χ3v) is 7.12. The van der Waals surface area contributed by atoms with Crippen LogP contribution in [0.2, 0.25) is 0 Å². The molecule has 1 aliphatic heterocycles. The highest BCUT2D eigenvalue weighted by molar-refractivity contribution is 5.89. The van der Waals surface area contributed by atoms with Gasteiger partial charge >= 0.3 is 6.03 Å². The van der Waals surface area contributed by atoms with Crippen molar-refractivity contribution >= 4 is 11.7 Å². The molecule has 2 amide bonds. The maximum Gasteiger partial charge on any atom is 0.321 e. The van der Waals surface area contributed by atoms with Gasteiger partial charge in [-0.1, -0.05) is 78.9 Å². The summed E-state index contributed by atoms with van der Waals surface area (Å²) in [5.41, 5.74) is 7.29. The summed E-state index contributed by atoms with van der Waals surface area (Å²) in [5, 5.41) is 3.04. The van der Waals surface area contributed by atoms with E-state index >= 15 is 0 Å². The fourth-order valence-electron chi connectivity index (χ4n) is 5.28. The van der Waals surface area contributed by atoms with E-state index in [0.29, 0.717) is 19.7 Å². The van der Waals surface area contributed by atoms with E-state index in [0.717, 1.165) is 30.1 Å². The van der Waals surface area contributed by atoms with Gasteiger partial charge in [0, 0.05) is 31.9 Å². The number of ether oxygens (including phenoxy) is 1.